The third-order valence-electron chi connectivity index (χ3n) is 2.42. The number of nitrogens with two attached hydrogens (primary N) is 1. The topological polar surface area (TPSA) is 73.1 Å². The summed E-state index contributed by atoms with van der Waals surface area (Å²) in [5.41, 5.74) is 3.67. The van der Waals surface area contributed by atoms with Crippen molar-refractivity contribution in [1.82, 2.24) is 9.97 Å². The van der Waals surface area contributed by atoms with E-state index in [4.69, 9.17) is 10.6 Å². The zero-order chi connectivity index (χ0) is 13.0. The van der Waals surface area contributed by atoms with Crippen molar-refractivity contribution >= 4 is 21.7 Å². The van der Waals surface area contributed by atoms with E-state index in [1.54, 1.807) is 0 Å². The maximum absolute atomic E-state index is 5.70. The van der Waals surface area contributed by atoms with Gasteiger partial charge in [0.05, 0.1) is 0 Å². The van der Waals surface area contributed by atoms with E-state index in [-0.39, 0.29) is 0 Å². The number of aryl methyl sites for hydroxylation is 1. The Morgan fingerprint density at radius 2 is 2.22 bits per heavy atom. The first-order valence-electron chi connectivity index (χ1n) is 5.48. The first-order valence-corrected chi connectivity index (χ1v) is 6.27. The Balaban J connectivity index is 2.28. The Bertz CT molecular complexity index is 547. The van der Waals surface area contributed by atoms with Crippen LogP contribution in [0.5, 0.6) is 11.6 Å². The van der Waals surface area contributed by atoms with Crippen molar-refractivity contribution in [3.05, 3.63) is 40.6 Å². The molecule has 3 N–H and O–H groups in total. The second-order valence-electron chi connectivity index (χ2n) is 3.59. The highest BCUT2D eigenvalue weighted by Crippen LogP contribution is 2.31. The molecule has 1 heterocycles. The van der Waals surface area contributed by atoms with Gasteiger partial charge in [-0.05, 0) is 40.0 Å². The summed E-state index contributed by atoms with van der Waals surface area (Å²) >= 11 is 3.34. The minimum atomic E-state index is 0.422. The van der Waals surface area contributed by atoms with Crippen LogP contribution in [0.2, 0.25) is 0 Å². The minimum Gasteiger partial charge on any atom is -0.438 e. The van der Waals surface area contributed by atoms with Gasteiger partial charge < -0.3 is 10.2 Å². The van der Waals surface area contributed by atoms with E-state index in [1.807, 2.05) is 18.2 Å². The molecule has 0 fully saturated rings. The second-order valence-corrected chi connectivity index (χ2v) is 4.38. The fourth-order valence-corrected chi connectivity index (χ4v) is 1.87. The second kappa shape index (κ2) is 5.79. The monoisotopic (exact) mass is 308 g/mol. The molecule has 1 aromatic carbocycles. The number of nitrogens with zero attached hydrogens (tertiary/aromatic N) is 2. The number of aromatic nitrogens is 2. The molecular weight excluding hydrogens is 296 g/mol. The molecule has 5 nitrogen and oxygen atoms in total. The molecule has 6 heteroatoms. The molecule has 0 saturated carbocycles. The van der Waals surface area contributed by atoms with Gasteiger partial charge in [-0.3, -0.25) is 0 Å². The number of nitrogen functional groups attached to an aromatic ring is 1. The fourth-order valence-electron chi connectivity index (χ4n) is 1.47. The first-order chi connectivity index (χ1) is 8.74. The largest absolute Gasteiger partial charge is 0.438 e. The summed E-state index contributed by atoms with van der Waals surface area (Å²) in [6.07, 6.45) is 2.34. The van der Waals surface area contributed by atoms with E-state index >= 15 is 0 Å². The average molecular weight is 309 g/mol. The van der Waals surface area contributed by atoms with E-state index < -0.39 is 0 Å². The van der Waals surface area contributed by atoms with Crippen molar-refractivity contribution in [2.75, 3.05) is 5.43 Å². The van der Waals surface area contributed by atoms with E-state index in [9.17, 15) is 0 Å². The zero-order valence-electron chi connectivity index (χ0n) is 9.85. The van der Waals surface area contributed by atoms with Gasteiger partial charge in [0.15, 0.2) is 5.82 Å². The van der Waals surface area contributed by atoms with E-state index in [1.165, 1.54) is 11.9 Å². The lowest BCUT2D eigenvalue weighted by atomic mass is 10.2. The van der Waals surface area contributed by atoms with Crippen LogP contribution in [-0.4, -0.2) is 9.97 Å². The lowest BCUT2D eigenvalue weighted by Gasteiger charge is -2.09. The number of ether oxygens (including phenoxy) is 1. The molecule has 0 radical (unpaired) electrons. The third kappa shape index (κ3) is 2.77. The van der Waals surface area contributed by atoms with Gasteiger partial charge in [-0.25, -0.2) is 15.8 Å². The maximum atomic E-state index is 5.70. The number of hydrogen-bond acceptors (Lipinski definition) is 5. The number of rotatable bonds is 4. The number of nitrogens with one attached hydrogen (secondary N) is 1. The molecule has 0 aliphatic heterocycles. The van der Waals surface area contributed by atoms with Crippen LogP contribution in [0.4, 0.5) is 5.82 Å². The van der Waals surface area contributed by atoms with Gasteiger partial charge in [-0.2, -0.15) is 0 Å². The van der Waals surface area contributed by atoms with E-state index in [0.717, 1.165) is 12.2 Å². The van der Waals surface area contributed by atoms with Crippen LogP contribution in [0.25, 0.3) is 0 Å². The molecule has 0 bridgehead atoms. The molecular formula is C12H13BrN4O. The quantitative estimate of drug-likeness (QED) is 0.671. The molecule has 0 atom stereocenters. The summed E-state index contributed by atoms with van der Waals surface area (Å²) in [6, 6.07) is 7.85. The molecule has 1 aromatic heterocycles. The standard InChI is InChI=1S/C12H13BrN4O/c1-2-8-4-3-5-9(6-8)18-12-10(13)11(17-14)15-7-16-12/h3-7H,2,14H2,1H3,(H,15,16,17). The molecule has 0 aliphatic rings. The molecule has 0 unspecified atom stereocenters. The Morgan fingerprint density at radius 1 is 1.39 bits per heavy atom. The van der Waals surface area contributed by atoms with Gasteiger partial charge in [0.2, 0.25) is 5.88 Å². The highest BCUT2D eigenvalue weighted by atomic mass is 79.9. The van der Waals surface area contributed by atoms with Crippen LogP contribution in [0.3, 0.4) is 0 Å². The van der Waals surface area contributed by atoms with Crippen LogP contribution >= 0.6 is 15.9 Å². The van der Waals surface area contributed by atoms with Gasteiger partial charge in [-0.1, -0.05) is 19.1 Å². The van der Waals surface area contributed by atoms with Crippen molar-refractivity contribution in [3.63, 3.8) is 0 Å². The smallest absolute Gasteiger partial charge is 0.238 e. The highest BCUT2D eigenvalue weighted by Gasteiger charge is 2.09. The lowest BCUT2D eigenvalue weighted by Crippen LogP contribution is -2.09. The predicted octanol–water partition coefficient (Wildman–Crippen LogP) is 2.88. The maximum Gasteiger partial charge on any atom is 0.238 e. The molecule has 18 heavy (non-hydrogen) atoms. The van der Waals surface area contributed by atoms with Crippen molar-refractivity contribution in [1.29, 1.82) is 0 Å². The summed E-state index contributed by atoms with van der Waals surface area (Å²) in [5.74, 6) is 6.97. The number of benzene rings is 1. The Hall–Kier alpha value is -1.66. The van der Waals surface area contributed by atoms with Crippen molar-refractivity contribution in [2.45, 2.75) is 13.3 Å². The predicted molar refractivity (Wildman–Crippen MR) is 73.4 cm³/mol. The molecule has 0 saturated heterocycles. The lowest BCUT2D eigenvalue weighted by molar-refractivity contribution is 0.458. The van der Waals surface area contributed by atoms with E-state index in [0.29, 0.717) is 16.2 Å². The third-order valence-corrected chi connectivity index (χ3v) is 3.13. The summed E-state index contributed by atoms with van der Waals surface area (Å²) < 4.78 is 6.29. The van der Waals surface area contributed by atoms with Crippen molar-refractivity contribution in [3.8, 4) is 11.6 Å². The van der Waals surface area contributed by atoms with Crippen LogP contribution in [0, 0.1) is 0 Å². The van der Waals surface area contributed by atoms with Gasteiger partial charge in [0.1, 0.15) is 16.5 Å². The van der Waals surface area contributed by atoms with Crippen LogP contribution in [0.1, 0.15) is 12.5 Å². The van der Waals surface area contributed by atoms with E-state index in [2.05, 4.69) is 44.3 Å². The van der Waals surface area contributed by atoms with Crippen LogP contribution in [-0.2, 0) is 6.42 Å². The van der Waals surface area contributed by atoms with Gasteiger partial charge >= 0.3 is 0 Å². The summed E-state index contributed by atoms with van der Waals surface area (Å²) in [7, 11) is 0. The zero-order valence-corrected chi connectivity index (χ0v) is 11.4. The summed E-state index contributed by atoms with van der Waals surface area (Å²) in [4.78, 5) is 8.02. The number of hydrogen-bond donors (Lipinski definition) is 2. The Kier molecular flexibility index (Phi) is 4.11. The van der Waals surface area contributed by atoms with Gasteiger partial charge in [0.25, 0.3) is 0 Å². The minimum absolute atomic E-state index is 0.422. The Labute approximate surface area is 113 Å². The normalized spacial score (nSPS) is 10.2. The van der Waals surface area contributed by atoms with Crippen LogP contribution in [0.15, 0.2) is 35.1 Å². The molecule has 0 aliphatic carbocycles. The summed E-state index contributed by atoms with van der Waals surface area (Å²) in [5, 5.41) is 0. The number of anilines is 1. The average Bonchev–Trinajstić information content (AvgIpc) is 2.41. The molecule has 2 rings (SSSR count). The van der Waals surface area contributed by atoms with Crippen molar-refractivity contribution < 1.29 is 4.74 Å². The summed E-state index contributed by atoms with van der Waals surface area (Å²) in [6.45, 7) is 2.09. The first kappa shape index (κ1) is 12.8. The molecule has 0 spiro atoms. The Morgan fingerprint density at radius 3 is 2.94 bits per heavy atom. The molecule has 2 aromatic rings. The number of halogens is 1. The molecule has 94 valence electrons. The van der Waals surface area contributed by atoms with Crippen LogP contribution < -0.4 is 16.0 Å². The van der Waals surface area contributed by atoms with Gasteiger partial charge in [0, 0.05) is 0 Å². The SMILES string of the molecule is CCc1cccc(Oc2ncnc(NN)c2Br)c1. The fraction of sp³-hybridized carbons (Fsp3) is 0.167. The molecule has 0 amide bonds. The number of hydrazine groups is 1. The van der Waals surface area contributed by atoms with Crippen molar-refractivity contribution in [2.24, 2.45) is 5.84 Å². The van der Waals surface area contributed by atoms with Gasteiger partial charge in [-0.15, -0.1) is 0 Å². The highest BCUT2D eigenvalue weighted by molar-refractivity contribution is 9.10.